The van der Waals surface area contributed by atoms with Crippen molar-refractivity contribution in [2.24, 2.45) is 0 Å². The zero-order valence-corrected chi connectivity index (χ0v) is 11.5. The Bertz CT molecular complexity index is 579. The molecule has 0 bridgehead atoms. The maximum atomic E-state index is 10.1. The summed E-state index contributed by atoms with van der Waals surface area (Å²) in [6, 6.07) is 7.66. The Morgan fingerprint density at radius 3 is 3.06 bits per heavy atom. The molecule has 1 aromatic carbocycles. The van der Waals surface area contributed by atoms with E-state index in [1.165, 1.54) is 0 Å². The van der Waals surface area contributed by atoms with Crippen LogP contribution in [-0.2, 0) is 4.74 Å². The average Bonchev–Trinajstić information content (AvgIpc) is 2.40. The van der Waals surface area contributed by atoms with Gasteiger partial charge in [0.15, 0.2) is 0 Å². The second kappa shape index (κ2) is 4.86. The van der Waals surface area contributed by atoms with Crippen LogP contribution in [0.4, 0.5) is 0 Å². The molecule has 4 heteroatoms. The van der Waals surface area contributed by atoms with Crippen molar-refractivity contribution in [1.82, 2.24) is 4.98 Å². The lowest BCUT2D eigenvalue weighted by molar-refractivity contribution is 0.0786. The SMILES string of the molecule is Oc1cc2c(Br)cccc2nc1C1CCCOC1. The van der Waals surface area contributed by atoms with E-state index in [4.69, 9.17) is 4.74 Å². The van der Waals surface area contributed by atoms with E-state index < -0.39 is 0 Å². The summed E-state index contributed by atoms with van der Waals surface area (Å²) in [5.41, 5.74) is 1.67. The molecule has 1 fully saturated rings. The molecule has 0 amide bonds. The van der Waals surface area contributed by atoms with Crippen LogP contribution in [-0.4, -0.2) is 23.3 Å². The summed E-state index contributed by atoms with van der Waals surface area (Å²) in [4.78, 5) is 4.60. The van der Waals surface area contributed by atoms with E-state index in [1.54, 1.807) is 6.07 Å². The first-order valence-corrected chi connectivity index (χ1v) is 6.91. The number of ether oxygens (including phenoxy) is 1. The highest BCUT2D eigenvalue weighted by Crippen LogP contribution is 2.34. The Balaban J connectivity index is 2.09. The summed E-state index contributed by atoms with van der Waals surface area (Å²) >= 11 is 3.48. The number of aromatic nitrogens is 1. The van der Waals surface area contributed by atoms with Crippen molar-refractivity contribution in [3.05, 3.63) is 34.4 Å². The molecule has 0 radical (unpaired) electrons. The van der Waals surface area contributed by atoms with Gasteiger partial charge in [0.2, 0.25) is 0 Å². The minimum Gasteiger partial charge on any atom is -0.506 e. The number of aromatic hydroxyl groups is 1. The molecule has 1 unspecified atom stereocenters. The fourth-order valence-electron chi connectivity index (χ4n) is 2.42. The second-order valence-electron chi connectivity index (χ2n) is 4.61. The van der Waals surface area contributed by atoms with Gasteiger partial charge < -0.3 is 9.84 Å². The van der Waals surface area contributed by atoms with Crippen LogP contribution in [0.1, 0.15) is 24.5 Å². The van der Waals surface area contributed by atoms with Crippen molar-refractivity contribution in [3.63, 3.8) is 0 Å². The maximum Gasteiger partial charge on any atom is 0.138 e. The Morgan fingerprint density at radius 1 is 1.39 bits per heavy atom. The number of fused-ring (bicyclic) bond motifs is 1. The lowest BCUT2D eigenvalue weighted by atomic mass is 9.96. The molecule has 0 saturated carbocycles. The second-order valence-corrected chi connectivity index (χ2v) is 5.47. The van der Waals surface area contributed by atoms with E-state index in [9.17, 15) is 5.11 Å². The third-order valence-electron chi connectivity index (χ3n) is 3.36. The highest BCUT2D eigenvalue weighted by Gasteiger charge is 2.21. The van der Waals surface area contributed by atoms with Gasteiger partial charge in [-0.1, -0.05) is 22.0 Å². The molecule has 1 aromatic heterocycles. The third-order valence-corrected chi connectivity index (χ3v) is 4.05. The summed E-state index contributed by atoms with van der Waals surface area (Å²) in [6.45, 7) is 1.47. The highest BCUT2D eigenvalue weighted by molar-refractivity contribution is 9.10. The summed E-state index contributed by atoms with van der Waals surface area (Å²) < 4.78 is 6.42. The number of halogens is 1. The van der Waals surface area contributed by atoms with Crippen molar-refractivity contribution < 1.29 is 9.84 Å². The van der Waals surface area contributed by atoms with E-state index in [0.717, 1.165) is 40.5 Å². The molecular formula is C14H14BrNO2. The number of nitrogens with zero attached hydrogens (tertiary/aromatic N) is 1. The van der Waals surface area contributed by atoms with Crippen LogP contribution in [0.25, 0.3) is 10.9 Å². The van der Waals surface area contributed by atoms with E-state index in [1.807, 2.05) is 18.2 Å². The largest absolute Gasteiger partial charge is 0.506 e. The third kappa shape index (κ3) is 2.10. The molecule has 1 aliphatic heterocycles. The van der Waals surface area contributed by atoms with Gasteiger partial charge >= 0.3 is 0 Å². The Hall–Kier alpha value is -1.13. The molecule has 1 saturated heterocycles. The molecule has 1 atom stereocenters. The van der Waals surface area contributed by atoms with Gasteiger partial charge in [-0.25, -0.2) is 4.98 Å². The van der Waals surface area contributed by atoms with Gasteiger partial charge in [0.05, 0.1) is 17.8 Å². The number of benzene rings is 1. The predicted octanol–water partition coefficient (Wildman–Crippen LogP) is 3.60. The van der Waals surface area contributed by atoms with Gasteiger partial charge in [-0.15, -0.1) is 0 Å². The van der Waals surface area contributed by atoms with Crippen LogP contribution in [0.2, 0.25) is 0 Å². The minimum absolute atomic E-state index is 0.210. The molecule has 3 nitrogen and oxygen atoms in total. The topological polar surface area (TPSA) is 42.4 Å². The Labute approximate surface area is 114 Å². The molecule has 18 heavy (non-hydrogen) atoms. The molecular weight excluding hydrogens is 294 g/mol. The molecule has 1 aliphatic rings. The zero-order valence-electron chi connectivity index (χ0n) is 9.90. The van der Waals surface area contributed by atoms with Crippen LogP contribution in [0.3, 0.4) is 0 Å². The first kappa shape index (κ1) is 11.9. The van der Waals surface area contributed by atoms with E-state index in [2.05, 4.69) is 20.9 Å². The van der Waals surface area contributed by atoms with Gasteiger partial charge in [0.25, 0.3) is 0 Å². The first-order valence-electron chi connectivity index (χ1n) is 6.11. The van der Waals surface area contributed by atoms with E-state index in [-0.39, 0.29) is 11.7 Å². The Kier molecular flexibility index (Phi) is 3.22. The summed E-state index contributed by atoms with van der Waals surface area (Å²) in [5.74, 6) is 0.479. The van der Waals surface area contributed by atoms with Crippen LogP contribution >= 0.6 is 15.9 Å². The monoisotopic (exact) mass is 307 g/mol. The normalized spacial score (nSPS) is 20.2. The minimum atomic E-state index is 0.210. The van der Waals surface area contributed by atoms with Gasteiger partial charge in [-0.05, 0) is 31.0 Å². The van der Waals surface area contributed by atoms with Crippen molar-refractivity contribution in [1.29, 1.82) is 0 Å². The maximum absolute atomic E-state index is 10.1. The lowest BCUT2D eigenvalue weighted by Gasteiger charge is -2.22. The van der Waals surface area contributed by atoms with Crippen LogP contribution in [0.5, 0.6) is 5.75 Å². The van der Waals surface area contributed by atoms with Gasteiger partial charge in [-0.3, -0.25) is 0 Å². The summed E-state index contributed by atoms with van der Waals surface area (Å²) in [7, 11) is 0. The van der Waals surface area contributed by atoms with Crippen molar-refractivity contribution in [3.8, 4) is 5.75 Å². The van der Waals surface area contributed by atoms with Gasteiger partial charge in [-0.2, -0.15) is 0 Å². The zero-order chi connectivity index (χ0) is 12.5. The lowest BCUT2D eigenvalue weighted by Crippen LogP contribution is -2.16. The average molecular weight is 308 g/mol. The fourth-order valence-corrected chi connectivity index (χ4v) is 2.89. The number of hydrogen-bond acceptors (Lipinski definition) is 3. The molecule has 0 spiro atoms. The number of rotatable bonds is 1. The summed E-state index contributed by atoms with van der Waals surface area (Å²) in [5, 5.41) is 11.1. The Morgan fingerprint density at radius 2 is 2.28 bits per heavy atom. The first-order chi connectivity index (χ1) is 8.75. The molecule has 2 aromatic rings. The van der Waals surface area contributed by atoms with Crippen molar-refractivity contribution in [2.75, 3.05) is 13.2 Å². The smallest absolute Gasteiger partial charge is 0.138 e. The van der Waals surface area contributed by atoms with E-state index >= 15 is 0 Å². The molecule has 1 N–H and O–H groups in total. The highest BCUT2D eigenvalue weighted by atomic mass is 79.9. The van der Waals surface area contributed by atoms with Gasteiger partial charge in [0.1, 0.15) is 5.75 Å². The van der Waals surface area contributed by atoms with Crippen molar-refractivity contribution >= 4 is 26.8 Å². The standard InChI is InChI=1S/C14H14BrNO2/c15-11-4-1-5-12-10(11)7-13(17)14(16-12)9-3-2-6-18-8-9/h1,4-5,7,9,17H,2-3,6,8H2. The van der Waals surface area contributed by atoms with Crippen LogP contribution < -0.4 is 0 Å². The van der Waals surface area contributed by atoms with Gasteiger partial charge in [0, 0.05) is 22.4 Å². The molecule has 0 aliphatic carbocycles. The molecule has 2 heterocycles. The van der Waals surface area contributed by atoms with E-state index in [0.29, 0.717) is 6.61 Å². The van der Waals surface area contributed by atoms with Crippen LogP contribution in [0.15, 0.2) is 28.7 Å². The summed E-state index contributed by atoms with van der Waals surface area (Å²) in [6.07, 6.45) is 2.06. The fraction of sp³-hybridized carbons (Fsp3) is 0.357. The predicted molar refractivity (Wildman–Crippen MR) is 73.9 cm³/mol. The number of hydrogen-bond donors (Lipinski definition) is 1. The number of pyridine rings is 1. The van der Waals surface area contributed by atoms with Crippen LogP contribution in [0, 0.1) is 0 Å². The quantitative estimate of drug-likeness (QED) is 0.875. The molecule has 94 valence electrons. The van der Waals surface area contributed by atoms with Crippen molar-refractivity contribution in [2.45, 2.75) is 18.8 Å². The molecule has 3 rings (SSSR count).